The molecule has 118 valence electrons. The summed E-state index contributed by atoms with van der Waals surface area (Å²) < 4.78 is 8.19. The predicted molar refractivity (Wildman–Crippen MR) is 95.0 cm³/mol. The van der Waals surface area contributed by atoms with Gasteiger partial charge in [-0.15, -0.1) is 0 Å². The molecule has 1 aromatic carbocycles. The van der Waals surface area contributed by atoms with Crippen LogP contribution >= 0.6 is 0 Å². The summed E-state index contributed by atoms with van der Waals surface area (Å²) in [6, 6.07) is 6.14. The molecule has 0 aliphatic heterocycles. The van der Waals surface area contributed by atoms with Crippen molar-refractivity contribution in [1.82, 2.24) is 9.55 Å². The van der Waals surface area contributed by atoms with Gasteiger partial charge in [0, 0.05) is 13.2 Å². The van der Waals surface area contributed by atoms with E-state index < -0.39 is 8.32 Å². The van der Waals surface area contributed by atoms with Gasteiger partial charge in [-0.2, -0.15) is 0 Å². The van der Waals surface area contributed by atoms with Crippen LogP contribution < -0.4 is 4.43 Å². The van der Waals surface area contributed by atoms with E-state index in [1.807, 2.05) is 37.7 Å². The molecule has 4 nitrogen and oxygen atoms in total. The number of rotatable bonds is 4. The number of benzene rings is 1. The highest BCUT2D eigenvalue weighted by atomic mass is 28.4. The smallest absolute Gasteiger partial charge is 0.242 e. The number of hydrogen-bond donors (Lipinski definition) is 0. The topological polar surface area (TPSA) is 39.4 Å². The van der Waals surface area contributed by atoms with Gasteiger partial charge in [-0.3, -0.25) is 0 Å². The molecule has 2 aromatic rings. The average molecular weight is 315 g/mol. The van der Waals surface area contributed by atoms with Crippen LogP contribution in [0.2, 0.25) is 19.6 Å². The number of imidazole rings is 1. The summed E-state index contributed by atoms with van der Waals surface area (Å²) in [5.74, 6) is 1.85. The Labute approximate surface area is 134 Å². The first-order chi connectivity index (χ1) is 10.2. The second-order valence-electron chi connectivity index (χ2n) is 6.67. The zero-order valence-electron chi connectivity index (χ0n) is 14.6. The summed E-state index contributed by atoms with van der Waals surface area (Å²) in [6.07, 6.45) is 2.00. The largest absolute Gasteiger partial charge is 0.543 e. The van der Waals surface area contributed by atoms with E-state index >= 15 is 0 Å². The van der Waals surface area contributed by atoms with E-state index in [-0.39, 0.29) is 0 Å². The van der Waals surface area contributed by atoms with Crippen LogP contribution in [0.15, 0.2) is 29.4 Å². The van der Waals surface area contributed by atoms with Gasteiger partial charge in [-0.25, -0.2) is 9.98 Å². The molecule has 0 N–H and O–H groups in total. The molecule has 1 heterocycles. The van der Waals surface area contributed by atoms with Gasteiger partial charge in [0.1, 0.15) is 23.0 Å². The zero-order chi connectivity index (χ0) is 16.5. The maximum Gasteiger partial charge on any atom is 0.242 e. The van der Waals surface area contributed by atoms with E-state index in [2.05, 4.69) is 43.7 Å². The summed E-state index contributed by atoms with van der Waals surface area (Å²) in [5.41, 5.74) is 3.85. The number of hydrogen-bond acceptors (Lipinski definition) is 3. The van der Waals surface area contributed by atoms with Crippen molar-refractivity contribution >= 4 is 19.7 Å². The molecule has 2 rings (SSSR count). The first kappa shape index (κ1) is 16.5. The third kappa shape index (κ3) is 4.07. The van der Waals surface area contributed by atoms with E-state index in [4.69, 9.17) is 9.42 Å². The van der Waals surface area contributed by atoms with Crippen molar-refractivity contribution in [3.63, 3.8) is 0 Å². The molecule has 0 aliphatic rings. The van der Waals surface area contributed by atoms with Crippen LogP contribution in [-0.4, -0.2) is 23.6 Å². The average Bonchev–Trinajstić information content (AvgIpc) is 2.71. The lowest BCUT2D eigenvalue weighted by Crippen LogP contribution is -2.29. The molecule has 0 fully saturated rings. The Morgan fingerprint density at radius 3 is 2.45 bits per heavy atom. The molecule has 5 heteroatoms. The molecule has 0 saturated heterocycles. The molecular formula is C17H25N3OSi. The van der Waals surface area contributed by atoms with Crippen molar-refractivity contribution in [2.24, 2.45) is 12.0 Å². The first-order valence-electron chi connectivity index (χ1n) is 7.51. The van der Waals surface area contributed by atoms with Crippen molar-refractivity contribution in [1.29, 1.82) is 0 Å². The molecule has 0 amide bonds. The molecule has 1 aromatic heterocycles. The van der Waals surface area contributed by atoms with Crippen molar-refractivity contribution in [2.75, 3.05) is 0 Å². The monoisotopic (exact) mass is 315 g/mol. The summed E-state index contributed by atoms with van der Waals surface area (Å²) >= 11 is 0. The third-order valence-electron chi connectivity index (χ3n) is 3.30. The highest BCUT2D eigenvalue weighted by Gasteiger charge is 2.18. The van der Waals surface area contributed by atoms with Crippen molar-refractivity contribution in [2.45, 2.75) is 40.4 Å². The minimum Gasteiger partial charge on any atom is -0.543 e. The number of aliphatic imine (C=N–C) groups is 1. The normalized spacial score (nSPS) is 12.6. The molecule has 0 aliphatic carbocycles. The Morgan fingerprint density at radius 2 is 1.91 bits per heavy atom. The van der Waals surface area contributed by atoms with Crippen LogP contribution in [0, 0.1) is 13.8 Å². The standard InChI is InChI=1S/C17H25N3OSi/c1-12-8-9-15(17(10-12)21-22(5,6)7)18-13(2)16-11-20(4)14(3)19-16/h8-11H,1-7H3. The molecular weight excluding hydrogens is 290 g/mol. The highest BCUT2D eigenvalue weighted by molar-refractivity contribution is 6.70. The summed E-state index contributed by atoms with van der Waals surface area (Å²) in [7, 11) is 0.314. The summed E-state index contributed by atoms with van der Waals surface area (Å²) in [6.45, 7) is 12.6. The fourth-order valence-corrected chi connectivity index (χ4v) is 2.92. The van der Waals surface area contributed by atoms with Crippen molar-refractivity contribution in [3.8, 4) is 5.75 Å². The maximum absolute atomic E-state index is 6.19. The first-order valence-corrected chi connectivity index (χ1v) is 10.9. The minimum absolute atomic E-state index is 0.867. The quantitative estimate of drug-likeness (QED) is 0.620. The van der Waals surface area contributed by atoms with Crippen LogP contribution in [-0.2, 0) is 7.05 Å². The number of aryl methyl sites for hydroxylation is 3. The third-order valence-corrected chi connectivity index (χ3v) is 4.13. The Bertz CT molecular complexity index is 692. The van der Waals surface area contributed by atoms with Gasteiger partial charge < -0.3 is 8.99 Å². The van der Waals surface area contributed by atoms with Crippen LogP contribution in [0.4, 0.5) is 5.69 Å². The van der Waals surface area contributed by atoms with Crippen LogP contribution in [0.5, 0.6) is 5.75 Å². The van der Waals surface area contributed by atoms with E-state index in [9.17, 15) is 0 Å². The van der Waals surface area contributed by atoms with Gasteiger partial charge >= 0.3 is 0 Å². The lowest BCUT2D eigenvalue weighted by atomic mass is 10.2. The van der Waals surface area contributed by atoms with Crippen LogP contribution in [0.25, 0.3) is 0 Å². The SMILES string of the molecule is CC(=Nc1ccc(C)cc1O[Si](C)(C)C)c1cn(C)c(C)n1. The highest BCUT2D eigenvalue weighted by Crippen LogP contribution is 2.31. The predicted octanol–water partition coefficient (Wildman–Crippen LogP) is 4.39. The molecule has 0 spiro atoms. The Morgan fingerprint density at radius 1 is 1.23 bits per heavy atom. The van der Waals surface area contributed by atoms with Gasteiger partial charge in [-0.1, -0.05) is 6.07 Å². The second-order valence-corrected chi connectivity index (χ2v) is 11.1. The minimum atomic E-state index is -1.68. The second kappa shape index (κ2) is 6.08. The van der Waals surface area contributed by atoms with Gasteiger partial charge in [0.15, 0.2) is 0 Å². The van der Waals surface area contributed by atoms with Crippen molar-refractivity contribution in [3.05, 3.63) is 41.5 Å². The molecule has 0 bridgehead atoms. The fraction of sp³-hybridized carbons (Fsp3) is 0.412. The lowest BCUT2D eigenvalue weighted by Gasteiger charge is -2.21. The zero-order valence-corrected chi connectivity index (χ0v) is 15.6. The Balaban J connectivity index is 2.41. The van der Waals surface area contributed by atoms with Crippen LogP contribution in [0.1, 0.15) is 24.0 Å². The van der Waals surface area contributed by atoms with Gasteiger partial charge in [-0.05, 0) is 58.1 Å². The summed E-state index contributed by atoms with van der Waals surface area (Å²) in [5, 5.41) is 0. The molecule has 0 unspecified atom stereocenters. The molecule has 22 heavy (non-hydrogen) atoms. The molecule has 0 radical (unpaired) electrons. The van der Waals surface area contributed by atoms with Gasteiger partial charge in [0.2, 0.25) is 8.32 Å². The summed E-state index contributed by atoms with van der Waals surface area (Å²) in [4.78, 5) is 9.28. The Kier molecular flexibility index (Phi) is 4.56. The molecule has 0 saturated carbocycles. The van der Waals surface area contributed by atoms with Crippen molar-refractivity contribution < 1.29 is 4.43 Å². The lowest BCUT2D eigenvalue weighted by molar-refractivity contribution is 0.558. The van der Waals surface area contributed by atoms with E-state index in [1.54, 1.807) is 0 Å². The van der Waals surface area contributed by atoms with E-state index in [0.29, 0.717) is 0 Å². The maximum atomic E-state index is 6.19. The van der Waals surface area contributed by atoms with Gasteiger partial charge in [0.25, 0.3) is 0 Å². The van der Waals surface area contributed by atoms with Crippen LogP contribution in [0.3, 0.4) is 0 Å². The molecule has 0 atom stereocenters. The van der Waals surface area contributed by atoms with E-state index in [0.717, 1.165) is 28.7 Å². The van der Waals surface area contributed by atoms with E-state index in [1.165, 1.54) is 5.56 Å². The number of aromatic nitrogens is 2. The van der Waals surface area contributed by atoms with Gasteiger partial charge in [0.05, 0.1) is 5.71 Å². The Hall–Kier alpha value is -1.88. The number of nitrogens with zero attached hydrogens (tertiary/aromatic N) is 3. The fourth-order valence-electron chi connectivity index (χ4n) is 2.10.